The van der Waals surface area contributed by atoms with Crippen molar-refractivity contribution in [1.29, 1.82) is 0 Å². The molecule has 0 bridgehead atoms. The fraction of sp³-hybridized carbons (Fsp3) is 0.231. The largest absolute Gasteiger partial charge is 0.294 e. The van der Waals surface area contributed by atoms with Gasteiger partial charge in [-0.25, -0.2) is 9.55 Å². The lowest BCUT2D eigenvalue weighted by Gasteiger charge is -2.24. The van der Waals surface area contributed by atoms with E-state index in [1.54, 1.807) is 0 Å². The molecule has 0 amide bonds. The fourth-order valence-corrected chi connectivity index (χ4v) is 8.93. The maximum atomic E-state index is 4.90. The second-order valence-corrected chi connectivity index (χ2v) is 18.3. The van der Waals surface area contributed by atoms with Gasteiger partial charge in [-0.3, -0.25) is 4.57 Å². The fourth-order valence-electron chi connectivity index (χ4n) is 6.58. The van der Waals surface area contributed by atoms with Gasteiger partial charge in [0.25, 0.3) is 0 Å². The number of aromatic nitrogens is 4. The minimum Gasteiger partial charge on any atom is -0.294 e. The Hall–Kier alpha value is -4.48. The summed E-state index contributed by atoms with van der Waals surface area (Å²) >= 11 is 0. The number of rotatable bonds is 5. The van der Waals surface area contributed by atoms with Gasteiger partial charge in [-0.2, -0.15) is 4.57 Å². The number of para-hydroxylation sites is 3. The topological polar surface area (TPSA) is 26.6 Å². The predicted molar refractivity (Wildman–Crippen MR) is 188 cm³/mol. The highest BCUT2D eigenvalue weighted by molar-refractivity contribution is 7.00. The van der Waals surface area contributed by atoms with Crippen LogP contribution >= 0.6 is 0 Å². The van der Waals surface area contributed by atoms with Gasteiger partial charge < -0.3 is 0 Å². The Labute approximate surface area is 261 Å². The van der Waals surface area contributed by atoms with Crippen molar-refractivity contribution in [1.82, 2.24) is 14.1 Å². The van der Waals surface area contributed by atoms with E-state index in [2.05, 4.69) is 171 Å². The highest BCUT2D eigenvalue weighted by atomic mass is 28.3. The van der Waals surface area contributed by atoms with E-state index in [1.807, 2.05) is 6.20 Å². The SMILES string of the molecule is CC(C)[n+]1cn(-c2cccc([Si](C)(C)c3ccc4c5ccccc5n(-c5cc(C(C)(C)C)ccn5)c4c3)c2)c2ccccc21. The Morgan fingerprint density at radius 1 is 0.705 bits per heavy atom. The van der Waals surface area contributed by atoms with Crippen molar-refractivity contribution >= 4 is 51.3 Å². The molecule has 0 saturated carbocycles. The zero-order chi connectivity index (χ0) is 30.8. The Bertz CT molecular complexity index is 2170. The molecule has 4 aromatic carbocycles. The first-order valence-corrected chi connectivity index (χ1v) is 18.7. The third-order valence-corrected chi connectivity index (χ3v) is 12.8. The molecule has 0 spiro atoms. The molecule has 0 N–H and O–H groups in total. The molecule has 3 heterocycles. The zero-order valence-corrected chi connectivity index (χ0v) is 27.8. The summed E-state index contributed by atoms with van der Waals surface area (Å²) in [4.78, 5) is 4.90. The number of imidazole rings is 1. The lowest BCUT2D eigenvalue weighted by molar-refractivity contribution is -0.691. The molecular formula is C39H41N4Si+. The second kappa shape index (κ2) is 10.3. The molecular weight excluding hydrogens is 553 g/mol. The molecule has 0 aliphatic heterocycles. The molecule has 4 nitrogen and oxygen atoms in total. The first-order chi connectivity index (χ1) is 21.0. The van der Waals surface area contributed by atoms with Crippen molar-refractivity contribution < 1.29 is 4.57 Å². The molecule has 7 rings (SSSR count). The number of fused-ring (bicyclic) bond motifs is 4. The van der Waals surface area contributed by atoms with Crippen molar-refractivity contribution in [3.63, 3.8) is 0 Å². The van der Waals surface area contributed by atoms with E-state index in [0.29, 0.717) is 6.04 Å². The number of hydrogen-bond acceptors (Lipinski definition) is 1. The van der Waals surface area contributed by atoms with Crippen LogP contribution in [-0.2, 0) is 5.41 Å². The van der Waals surface area contributed by atoms with Gasteiger partial charge >= 0.3 is 0 Å². The first-order valence-electron chi connectivity index (χ1n) is 15.7. The molecule has 0 aliphatic rings. The third kappa shape index (κ3) is 4.58. The van der Waals surface area contributed by atoms with Crippen molar-refractivity contribution in [3.8, 4) is 11.5 Å². The van der Waals surface area contributed by atoms with Crippen molar-refractivity contribution in [2.24, 2.45) is 0 Å². The molecule has 0 aliphatic carbocycles. The summed E-state index contributed by atoms with van der Waals surface area (Å²) in [7, 11) is -2.09. The normalized spacial score (nSPS) is 12.6. The van der Waals surface area contributed by atoms with Gasteiger partial charge in [-0.15, -0.1) is 0 Å². The van der Waals surface area contributed by atoms with Crippen molar-refractivity contribution in [2.45, 2.75) is 59.2 Å². The van der Waals surface area contributed by atoms with Crippen molar-refractivity contribution in [2.75, 3.05) is 0 Å². The monoisotopic (exact) mass is 593 g/mol. The van der Waals surface area contributed by atoms with E-state index in [-0.39, 0.29) is 5.41 Å². The molecule has 5 heteroatoms. The summed E-state index contributed by atoms with van der Waals surface area (Å²) in [5.74, 6) is 0.972. The summed E-state index contributed by atoms with van der Waals surface area (Å²) in [6, 6.07) is 38.5. The Balaban J connectivity index is 1.39. The third-order valence-electron chi connectivity index (χ3n) is 9.30. The first kappa shape index (κ1) is 28.3. The predicted octanol–water partition coefficient (Wildman–Crippen LogP) is 8.11. The van der Waals surface area contributed by atoms with Crippen LogP contribution in [0.3, 0.4) is 0 Å². The highest BCUT2D eigenvalue weighted by Crippen LogP contribution is 2.33. The molecule has 0 atom stereocenters. The minimum absolute atomic E-state index is 0.0427. The van der Waals surface area contributed by atoms with Crippen LogP contribution in [0.15, 0.2) is 116 Å². The van der Waals surface area contributed by atoms with E-state index in [4.69, 9.17) is 4.98 Å². The number of hydrogen-bond donors (Lipinski definition) is 0. The second-order valence-electron chi connectivity index (χ2n) is 13.9. The van der Waals surface area contributed by atoms with Crippen LogP contribution in [0.25, 0.3) is 44.3 Å². The summed E-state index contributed by atoms with van der Waals surface area (Å²) in [6.07, 6.45) is 4.21. The quantitative estimate of drug-likeness (QED) is 0.146. The lowest BCUT2D eigenvalue weighted by Crippen LogP contribution is -2.52. The molecule has 3 aromatic heterocycles. The number of nitrogens with zero attached hydrogens (tertiary/aromatic N) is 4. The highest BCUT2D eigenvalue weighted by Gasteiger charge is 2.29. The van der Waals surface area contributed by atoms with E-state index < -0.39 is 8.07 Å². The van der Waals surface area contributed by atoms with Crippen molar-refractivity contribution in [3.05, 3.63) is 121 Å². The Morgan fingerprint density at radius 2 is 1.41 bits per heavy atom. The lowest BCUT2D eigenvalue weighted by atomic mass is 9.88. The van der Waals surface area contributed by atoms with E-state index in [1.165, 1.54) is 54.5 Å². The maximum absolute atomic E-state index is 4.90. The zero-order valence-electron chi connectivity index (χ0n) is 26.8. The maximum Gasteiger partial charge on any atom is 0.250 e. The minimum atomic E-state index is -2.09. The average molecular weight is 594 g/mol. The van der Waals surface area contributed by atoms with Gasteiger partial charge in [0.2, 0.25) is 6.33 Å². The summed E-state index contributed by atoms with van der Waals surface area (Å²) in [5.41, 5.74) is 7.43. The molecule has 0 saturated heterocycles. The van der Waals surface area contributed by atoms with E-state index in [0.717, 1.165) is 5.82 Å². The van der Waals surface area contributed by atoms with Gasteiger partial charge in [0, 0.05) is 17.0 Å². The standard InChI is InChI=1S/C39H41N4Si/c1-27(2)41-26-42(36-18-11-10-17-35(36)41)29-13-12-14-30(24-29)44(6,7)31-19-20-33-32-15-8-9-16-34(32)43(37(33)25-31)38-23-28(21-22-40-38)39(3,4)5/h8-27H,1-7H3/q+1. The molecule has 7 aromatic rings. The van der Waals surface area contributed by atoms with Gasteiger partial charge in [0.15, 0.2) is 11.0 Å². The smallest absolute Gasteiger partial charge is 0.250 e. The Kier molecular flexibility index (Phi) is 6.63. The van der Waals surface area contributed by atoms with Gasteiger partial charge in [0.05, 0.1) is 17.1 Å². The molecule has 0 radical (unpaired) electrons. The van der Waals surface area contributed by atoms with Gasteiger partial charge in [0.1, 0.15) is 19.6 Å². The van der Waals surface area contributed by atoms with Crippen LogP contribution in [0.1, 0.15) is 46.2 Å². The van der Waals surface area contributed by atoms with Crippen LogP contribution < -0.4 is 14.9 Å². The van der Waals surface area contributed by atoms with E-state index >= 15 is 0 Å². The number of benzene rings is 4. The van der Waals surface area contributed by atoms with Crippen LogP contribution in [0.2, 0.25) is 13.1 Å². The van der Waals surface area contributed by atoms with Crippen LogP contribution in [0.5, 0.6) is 0 Å². The summed E-state index contributed by atoms with van der Waals surface area (Å²) < 4.78 is 7.07. The van der Waals surface area contributed by atoms with Crippen LogP contribution in [0.4, 0.5) is 0 Å². The summed E-state index contributed by atoms with van der Waals surface area (Å²) in [6.45, 7) is 16.2. The molecule has 0 unspecified atom stereocenters. The van der Waals surface area contributed by atoms with E-state index in [9.17, 15) is 0 Å². The van der Waals surface area contributed by atoms with Gasteiger partial charge in [-0.05, 0) is 73.4 Å². The molecule has 220 valence electrons. The van der Waals surface area contributed by atoms with Gasteiger partial charge in [-0.1, -0.05) is 98.8 Å². The van der Waals surface area contributed by atoms with Crippen LogP contribution in [0, 0.1) is 0 Å². The Morgan fingerprint density at radius 3 is 2.18 bits per heavy atom. The molecule has 0 fully saturated rings. The molecule has 44 heavy (non-hydrogen) atoms. The average Bonchev–Trinajstić information content (AvgIpc) is 3.57. The summed E-state index contributed by atoms with van der Waals surface area (Å²) in [5, 5.41) is 5.35. The number of pyridine rings is 1. The van der Waals surface area contributed by atoms with Crippen LogP contribution in [-0.4, -0.2) is 22.2 Å².